The summed E-state index contributed by atoms with van der Waals surface area (Å²) in [5, 5.41) is 27.1. The molecule has 0 atom stereocenters. The van der Waals surface area contributed by atoms with Gasteiger partial charge in [0, 0.05) is 52.4 Å². The number of likely N-dealkylation sites (N-methyl/N-ethyl adjacent to an activating group) is 1. The molecule has 1 aliphatic rings. The molecule has 0 amide bonds. The highest BCUT2D eigenvalue weighted by Crippen LogP contribution is 2.00. The maximum Gasteiger partial charge on any atom is 0.317 e. The van der Waals surface area contributed by atoms with E-state index in [0.717, 1.165) is 0 Å². The summed E-state index contributed by atoms with van der Waals surface area (Å²) in [6, 6.07) is 0. The van der Waals surface area contributed by atoms with E-state index >= 15 is 0 Å². The molecule has 1 aliphatic heterocycles. The van der Waals surface area contributed by atoms with Crippen molar-refractivity contribution < 1.29 is 29.7 Å². The lowest BCUT2D eigenvalue weighted by Crippen LogP contribution is -2.47. The molecule has 0 saturated carbocycles. The van der Waals surface area contributed by atoms with Gasteiger partial charge in [0.05, 0.1) is 19.6 Å². The smallest absolute Gasteiger partial charge is 0.317 e. The summed E-state index contributed by atoms with van der Waals surface area (Å²) >= 11 is 0. The number of carboxylic acids is 3. The Bertz CT molecular complexity index is 429. The summed E-state index contributed by atoms with van der Waals surface area (Å²) in [6.07, 6.45) is 0. The Morgan fingerprint density at radius 1 is 0.600 bits per heavy atom. The number of hydrogen-bond donors (Lipinski definition) is 3. The molecule has 3 N–H and O–H groups in total. The molecular formula is C15H28N4O6. The summed E-state index contributed by atoms with van der Waals surface area (Å²) < 4.78 is 0. The molecule has 0 aromatic rings. The average molecular weight is 360 g/mol. The van der Waals surface area contributed by atoms with Gasteiger partial charge >= 0.3 is 17.9 Å². The van der Waals surface area contributed by atoms with Crippen LogP contribution < -0.4 is 0 Å². The normalized spacial score (nSPS) is 20.5. The minimum absolute atomic E-state index is 0.0834. The van der Waals surface area contributed by atoms with Gasteiger partial charge in [0.25, 0.3) is 0 Å². The van der Waals surface area contributed by atoms with E-state index in [0.29, 0.717) is 52.4 Å². The van der Waals surface area contributed by atoms with E-state index < -0.39 is 17.9 Å². The minimum atomic E-state index is -0.957. The highest BCUT2D eigenvalue weighted by Gasteiger charge is 2.18. The number of carboxylic acid groups (broad SMARTS) is 3. The van der Waals surface area contributed by atoms with Crippen LogP contribution in [-0.2, 0) is 14.4 Å². The van der Waals surface area contributed by atoms with E-state index in [-0.39, 0.29) is 19.6 Å². The van der Waals surface area contributed by atoms with Crippen LogP contribution in [0.15, 0.2) is 0 Å². The molecule has 0 aromatic heterocycles. The van der Waals surface area contributed by atoms with Crippen LogP contribution in [0.25, 0.3) is 0 Å². The van der Waals surface area contributed by atoms with E-state index in [1.807, 2.05) is 11.9 Å². The van der Waals surface area contributed by atoms with E-state index in [4.69, 9.17) is 15.3 Å². The summed E-state index contributed by atoms with van der Waals surface area (Å²) in [7, 11) is 1.92. The molecule has 0 unspecified atom stereocenters. The van der Waals surface area contributed by atoms with Crippen molar-refractivity contribution in [2.24, 2.45) is 0 Å². The van der Waals surface area contributed by atoms with Crippen LogP contribution in [0.2, 0.25) is 0 Å². The second kappa shape index (κ2) is 11.0. The van der Waals surface area contributed by atoms with Crippen molar-refractivity contribution in [3.8, 4) is 0 Å². The Morgan fingerprint density at radius 2 is 0.840 bits per heavy atom. The molecule has 0 radical (unpaired) electrons. The van der Waals surface area contributed by atoms with Crippen LogP contribution in [0, 0.1) is 0 Å². The van der Waals surface area contributed by atoms with Gasteiger partial charge in [-0.1, -0.05) is 0 Å². The van der Waals surface area contributed by atoms with E-state index in [1.165, 1.54) is 0 Å². The molecule has 1 rings (SSSR count). The molecule has 1 saturated heterocycles. The number of nitrogens with zero attached hydrogens (tertiary/aromatic N) is 4. The van der Waals surface area contributed by atoms with Crippen LogP contribution in [0.5, 0.6) is 0 Å². The number of rotatable bonds is 6. The second-order valence-corrected chi connectivity index (χ2v) is 6.31. The number of hydrogen-bond acceptors (Lipinski definition) is 7. The Kier molecular flexibility index (Phi) is 9.35. The number of aliphatic carboxylic acids is 3. The quantitative estimate of drug-likeness (QED) is 0.494. The van der Waals surface area contributed by atoms with Gasteiger partial charge < -0.3 is 20.2 Å². The van der Waals surface area contributed by atoms with Crippen LogP contribution in [0.3, 0.4) is 0 Å². The van der Waals surface area contributed by atoms with Crippen LogP contribution >= 0.6 is 0 Å². The zero-order valence-electron chi connectivity index (χ0n) is 14.6. The molecule has 144 valence electrons. The largest absolute Gasteiger partial charge is 0.480 e. The van der Waals surface area contributed by atoms with Gasteiger partial charge in [-0.15, -0.1) is 0 Å². The monoisotopic (exact) mass is 360 g/mol. The third kappa shape index (κ3) is 9.97. The molecule has 1 fully saturated rings. The van der Waals surface area contributed by atoms with Crippen molar-refractivity contribution in [2.45, 2.75) is 0 Å². The zero-order valence-corrected chi connectivity index (χ0v) is 14.6. The molecule has 25 heavy (non-hydrogen) atoms. The average Bonchev–Trinajstić information content (AvgIpc) is 2.49. The van der Waals surface area contributed by atoms with Gasteiger partial charge in [0.1, 0.15) is 0 Å². The predicted octanol–water partition coefficient (Wildman–Crippen LogP) is -1.91. The summed E-state index contributed by atoms with van der Waals surface area (Å²) in [6.45, 7) is 3.86. The fourth-order valence-corrected chi connectivity index (χ4v) is 2.69. The summed E-state index contributed by atoms with van der Waals surface area (Å²) in [5.41, 5.74) is 0. The Morgan fingerprint density at radius 3 is 1.08 bits per heavy atom. The van der Waals surface area contributed by atoms with Crippen molar-refractivity contribution >= 4 is 17.9 Å². The summed E-state index contributed by atoms with van der Waals surface area (Å²) in [5.74, 6) is -2.78. The van der Waals surface area contributed by atoms with Crippen molar-refractivity contribution in [1.29, 1.82) is 0 Å². The predicted molar refractivity (Wildman–Crippen MR) is 89.7 cm³/mol. The number of carbonyl (C=O) groups is 3. The van der Waals surface area contributed by atoms with Crippen molar-refractivity contribution in [3.63, 3.8) is 0 Å². The molecule has 0 spiro atoms. The first-order valence-electron chi connectivity index (χ1n) is 8.27. The summed E-state index contributed by atoms with van der Waals surface area (Å²) in [4.78, 5) is 40.4. The third-order valence-corrected chi connectivity index (χ3v) is 4.14. The second-order valence-electron chi connectivity index (χ2n) is 6.31. The molecule has 0 bridgehead atoms. The topological polar surface area (TPSA) is 125 Å². The lowest BCUT2D eigenvalue weighted by Gasteiger charge is -2.31. The van der Waals surface area contributed by atoms with Gasteiger partial charge in [0.15, 0.2) is 0 Å². The first-order valence-corrected chi connectivity index (χ1v) is 8.27. The Labute approximate surface area is 147 Å². The van der Waals surface area contributed by atoms with Gasteiger partial charge in [-0.3, -0.25) is 29.1 Å². The molecule has 10 nitrogen and oxygen atoms in total. The van der Waals surface area contributed by atoms with Gasteiger partial charge in [-0.25, -0.2) is 0 Å². The van der Waals surface area contributed by atoms with Crippen LogP contribution in [-0.4, -0.2) is 132 Å². The maximum absolute atomic E-state index is 11.0. The highest BCUT2D eigenvalue weighted by atomic mass is 16.4. The molecule has 0 aliphatic carbocycles. The molecule has 0 aromatic carbocycles. The standard InChI is InChI=1S/C15H28N4O6/c1-16-2-4-17(10-13(20)21)6-8-19(12-15(24)25)9-7-18(5-3-16)11-14(22)23/h2-12H2,1H3,(H,20,21)(H,22,23)(H,24,25). The van der Waals surface area contributed by atoms with E-state index in [9.17, 15) is 14.4 Å². The van der Waals surface area contributed by atoms with Gasteiger partial charge in [-0.05, 0) is 7.05 Å². The fraction of sp³-hybridized carbons (Fsp3) is 0.800. The highest BCUT2D eigenvalue weighted by molar-refractivity contribution is 5.69. The first kappa shape index (κ1) is 21.3. The minimum Gasteiger partial charge on any atom is -0.480 e. The first-order chi connectivity index (χ1) is 11.8. The fourth-order valence-electron chi connectivity index (χ4n) is 2.69. The van der Waals surface area contributed by atoms with Gasteiger partial charge in [0.2, 0.25) is 0 Å². The lowest BCUT2D eigenvalue weighted by atomic mass is 10.3. The Balaban J connectivity index is 2.76. The zero-order chi connectivity index (χ0) is 18.8. The molecule has 10 heteroatoms. The molecule has 1 heterocycles. The lowest BCUT2D eigenvalue weighted by molar-refractivity contribution is -0.140. The SMILES string of the molecule is CN1CCN(CC(=O)O)CCN(CC(=O)O)CCN(CC(=O)O)CC1. The van der Waals surface area contributed by atoms with E-state index in [2.05, 4.69) is 0 Å². The third-order valence-electron chi connectivity index (χ3n) is 4.14. The Hall–Kier alpha value is -1.75. The van der Waals surface area contributed by atoms with Crippen LogP contribution in [0.4, 0.5) is 0 Å². The van der Waals surface area contributed by atoms with E-state index in [1.54, 1.807) is 14.7 Å². The van der Waals surface area contributed by atoms with Crippen LogP contribution in [0.1, 0.15) is 0 Å². The van der Waals surface area contributed by atoms with Crippen molar-refractivity contribution in [1.82, 2.24) is 19.6 Å². The van der Waals surface area contributed by atoms with Gasteiger partial charge in [-0.2, -0.15) is 0 Å². The van der Waals surface area contributed by atoms with Crippen molar-refractivity contribution in [3.05, 3.63) is 0 Å². The van der Waals surface area contributed by atoms with Crippen molar-refractivity contribution in [2.75, 3.05) is 79.0 Å². The molecular weight excluding hydrogens is 332 g/mol. The maximum atomic E-state index is 11.0.